The molecule has 0 aromatic heterocycles. The molecule has 0 amide bonds. The smallest absolute Gasteiger partial charge is 0.346 e. The second-order valence-electron chi connectivity index (χ2n) is 8.91. The van der Waals surface area contributed by atoms with Crippen LogP contribution in [0.15, 0.2) is 67.3 Å². The molecule has 0 heterocycles. The van der Waals surface area contributed by atoms with E-state index in [1.807, 2.05) is 6.92 Å². The van der Waals surface area contributed by atoms with Gasteiger partial charge in [0.05, 0.1) is 11.7 Å². The number of halogens is 3. The molecule has 0 atom stereocenters. The Balaban J connectivity index is 1.43. The highest BCUT2D eigenvalue weighted by atomic mass is 19.2. The topological polar surface area (TPSA) is 44.8 Å². The Kier molecular flexibility index (Phi) is 8.66. The van der Waals surface area contributed by atoms with E-state index < -0.39 is 29.0 Å². The molecule has 0 unspecified atom stereocenters. The van der Waals surface area contributed by atoms with Gasteiger partial charge in [0.25, 0.3) is 0 Å². The maximum absolute atomic E-state index is 14.9. The van der Waals surface area contributed by atoms with Crippen LogP contribution in [-0.2, 0) is 4.74 Å². The van der Waals surface area contributed by atoms with Crippen LogP contribution in [0.2, 0.25) is 0 Å². The van der Waals surface area contributed by atoms with Gasteiger partial charge in [-0.2, -0.15) is 0 Å². The Morgan fingerprint density at radius 2 is 1.65 bits per heavy atom. The van der Waals surface area contributed by atoms with Crippen molar-refractivity contribution >= 4 is 5.97 Å². The van der Waals surface area contributed by atoms with Crippen LogP contribution in [0.4, 0.5) is 13.2 Å². The van der Waals surface area contributed by atoms with E-state index in [1.165, 1.54) is 30.3 Å². The van der Waals surface area contributed by atoms with Gasteiger partial charge in [0, 0.05) is 18.2 Å². The van der Waals surface area contributed by atoms with Gasteiger partial charge in [-0.25, -0.2) is 18.0 Å². The summed E-state index contributed by atoms with van der Waals surface area (Å²) in [4.78, 5) is 12.6. The van der Waals surface area contributed by atoms with Crippen molar-refractivity contribution in [3.63, 3.8) is 0 Å². The molecule has 0 N–H and O–H groups in total. The molecular formula is C30H29F3O4. The van der Waals surface area contributed by atoms with Crippen LogP contribution in [0.25, 0.3) is 11.1 Å². The fourth-order valence-electron chi connectivity index (χ4n) is 4.65. The van der Waals surface area contributed by atoms with Crippen molar-refractivity contribution in [2.45, 2.75) is 44.6 Å². The average molecular weight is 511 g/mol. The van der Waals surface area contributed by atoms with Crippen molar-refractivity contribution < 1.29 is 32.2 Å². The van der Waals surface area contributed by atoms with Gasteiger partial charge >= 0.3 is 5.97 Å². The third-order valence-corrected chi connectivity index (χ3v) is 6.53. The fraction of sp³-hybridized carbons (Fsp3) is 0.300. The van der Waals surface area contributed by atoms with Crippen molar-refractivity contribution in [3.05, 3.63) is 95.8 Å². The quantitative estimate of drug-likeness (QED) is 0.169. The van der Waals surface area contributed by atoms with E-state index in [0.717, 1.165) is 12.8 Å². The lowest BCUT2D eigenvalue weighted by molar-refractivity contribution is 0.0325. The van der Waals surface area contributed by atoms with Crippen LogP contribution >= 0.6 is 0 Å². The van der Waals surface area contributed by atoms with Gasteiger partial charge in [-0.3, -0.25) is 0 Å². The maximum atomic E-state index is 14.9. The predicted octanol–water partition coefficient (Wildman–Crippen LogP) is 7.62. The second-order valence-corrected chi connectivity index (χ2v) is 8.91. The summed E-state index contributed by atoms with van der Waals surface area (Å²) >= 11 is 0. The first-order valence-electron chi connectivity index (χ1n) is 12.4. The number of carbonyl (C=O) groups is 1. The molecule has 3 aromatic carbocycles. The van der Waals surface area contributed by atoms with Crippen LogP contribution in [0.5, 0.6) is 11.5 Å². The number of carbonyl (C=O) groups excluding carboxylic acids is 1. The minimum atomic E-state index is -1.22. The van der Waals surface area contributed by atoms with Crippen LogP contribution in [0, 0.1) is 17.5 Å². The monoisotopic (exact) mass is 510 g/mol. The summed E-state index contributed by atoms with van der Waals surface area (Å²) in [7, 11) is 0. The summed E-state index contributed by atoms with van der Waals surface area (Å²) in [6.07, 6.45) is 4.69. The Hall–Kier alpha value is -3.58. The molecule has 1 saturated carbocycles. The molecule has 1 fully saturated rings. The number of hydrogen-bond donors (Lipinski definition) is 0. The third-order valence-electron chi connectivity index (χ3n) is 6.53. The Labute approximate surface area is 214 Å². The molecule has 0 aliphatic heterocycles. The molecule has 3 aromatic rings. The van der Waals surface area contributed by atoms with Crippen LogP contribution < -0.4 is 9.47 Å². The van der Waals surface area contributed by atoms with Gasteiger partial charge in [0.2, 0.25) is 0 Å². The number of ether oxygens (including phenoxy) is 3. The minimum Gasteiger partial charge on any atom is -0.489 e. The zero-order chi connectivity index (χ0) is 26.4. The van der Waals surface area contributed by atoms with Crippen molar-refractivity contribution in [3.8, 4) is 22.6 Å². The van der Waals surface area contributed by atoms with Crippen molar-refractivity contribution in [2.75, 3.05) is 13.2 Å². The summed E-state index contributed by atoms with van der Waals surface area (Å²) in [6, 6.07) is 13.3. The summed E-state index contributed by atoms with van der Waals surface area (Å²) in [5, 5.41) is 0. The minimum absolute atomic E-state index is 0.119. The molecule has 4 rings (SSSR count). The SMILES string of the molecule is C=CCOc1ccc(-c2ccc(OC(=O)c3ccc(C4CCC(OCC)CC4)c(F)c3F)cc2)c(F)c1. The summed E-state index contributed by atoms with van der Waals surface area (Å²) in [6.45, 7) is 6.39. The van der Waals surface area contributed by atoms with E-state index in [1.54, 1.807) is 30.3 Å². The van der Waals surface area contributed by atoms with E-state index in [4.69, 9.17) is 14.2 Å². The van der Waals surface area contributed by atoms with Crippen LogP contribution in [0.1, 0.15) is 54.4 Å². The number of esters is 1. The largest absolute Gasteiger partial charge is 0.489 e. The lowest BCUT2D eigenvalue weighted by Gasteiger charge is -2.29. The molecule has 37 heavy (non-hydrogen) atoms. The van der Waals surface area contributed by atoms with Crippen molar-refractivity contribution in [2.24, 2.45) is 0 Å². The molecule has 1 aliphatic rings. The van der Waals surface area contributed by atoms with E-state index in [2.05, 4.69) is 6.58 Å². The van der Waals surface area contributed by atoms with Crippen molar-refractivity contribution in [1.82, 2.24) is 0 Å². The molecule has 1 aliphatic carbocycles. The predicted molar refractivity (Wildman–Crippen MR) is 135 cm³/mol. The molecule has 7 heteroatoms. The van der Waals surface area contributed by atoms with Gasteiger partial charge in [-0.15, -0.1) is 0 Å². The summed E-state index contributed by atoms with van der Waals surface area (Å²) in [5.41, 5.74) is 0.682. The Morgan fingerprint density at radius 1 is 0.946 bits per heavy atom. The van der Waals surface area contributed by atoms with E-state index >= 15 is 0 Å². The Bertz CT molecular complexity index is 1250. The van der Waals surface area contributed by atoms with E-state index in [0.29, 0.717) is 36.3 Å². The van der Waals surface area contributed by atoms with Crippen molar-refractivity contribution in [1.29, 1.82) is 0 Å². The Morgan fingerprint density at radius 3 is 2.30 bits per heavy atom. The number of hydrogen-bond acceptors (Lipinski definition) is 4. The molecule has 4 nitrogen and oxygen atoms in total. The number of rotatable bonds is 9. The molecule has 0 bridgehead atoms. The number of benzene rings is 3. The van der Waals surface area contributed by atoms with Gasteiger partial charge < -0.3 is 14.2 Å². The van der Waals surface area contributed by atoms with Crippen LogP contribution in [0.3, 0.4) is 0 Å². The van der Waals surface area contributed by atoms with Gasteiger partial charge in [0.15, 0.2) is 11.6 Å². The van der Waals surface area contributed by atoms with Gasteiger partial charge in [-0.05, 0) is 80.0 Å². The average Bonchev–Trinajstić information content (AvgIpc) is 2.90. The van der Waals surface area contributed by atoms with E-state index in [-0.39, 0.29) is 29.9 Å². The maximum Gasteiger partial charge on any atom is 0.346 e. The normalized spacial score (nSPS) is 17.3. The first-order valence-corrected chi connectivity index (χ1v) is 12.4. The molecule has 194 valence electrons. The zero-order valence-electron chi connectivity index (χ0n) is 20.6. The first-order chi connectivity index (χ1) is 17.9. The zero-order valence-corrected chi connectivity index (χ0v) is 20.6. The standard InChI is InChI=1S/C30H29F3O4/c1-3-17-36-23-13-14-24(27(31)18-23)19-7-11-22(12-8-19)37-30(34)26-16-15-25(28(32)29(26)33)20-5-9-21(10-6-20)35-4-2/h3,7-8,11-16,18,20-21H,1,4-6,9-10,17H2,2H3. The first kappa shape index (κ1) is 26.5. The molecule has 0 radical (unpaired) electrons. The summed E-state index contributed by atoms with van der Waals surface area (Å²) < 4.78 is 60.5. The van der Waals surface area contributed by atoms with Gasteiger partial charge in [0.1, 0.15) is 23.9 Å². The fourth-order valence-corrected chi connectivity index (χ4v) is 4.65. The highest BCUT2D eigenvalue weighted by Gasteiger charge is 2.28. The van der Waals surface area contributed by atoms with E-state index in [9.17, 15) is 18.0 Å². The van der Waals surface area contributed by atoms with Gasteiger partial charge in [-0.1, -0.05) is 30.9 Å². The molecule has 0 spiro atoms. The lowest BCUT2D eigenvalue weighted by atomic mass is 9.82. The highest BCUT2D eigenvalue weighted by molar-refractivity contribution is 5.91. The molecule has 0 saturated heterocycles. The van der Waals surface area contributed by atoms with Crippen LogP contribution in [-0.4, -0.2) is 25.3 Å². The summed E-state index contributed by atoms with van der Waals surface area (Å²) in [5.74, 6) is -3.33. The second kappa shape index (κ2) is 12.1. The molecular weight excluding hydrogens is 481 g/mol. The highest BCUT2D eigenvalue weighted by Crippen LogP contribution is 2.36. The lowest BCUT2D eigenvalue weighted by Crippen LogP contribution is -2.22. The third kappa shape index (κ3) is 6.23.